The van der Waals surface area contributed by atoms with E-state index in [1.807, 2.05) is 18.2 Å². The second-order valence-corrected chi connectivity index (χ2v) is 5.57. The first-order valence-corrected chi connectivity index (χ1v) is 7.92. The summed E-state index contributed by atoms with van der Waals surface area (Å²) in [5, 5.41) is 16.3. The maximum absolute atomic E-state index is 13.2. The van der Waals surface area contributed by atoms with Gasteiger partial charge in [0.2, 0.25) is 6.79 Å². The molecule has 0 spiro atoms. The zero-order valence-corrected chi connectivity index (χ0v) is 13.8. The fourth-order valence-electron chi connectivity index (χ4n) is 2.48. The van der Waals surface area contributed by atoms with Gasteiger partial charge in [-0.2, -0.15) is 0 Å². The molecule has 1 aliphatic heterocycles. The summed E-state index contributed by atoms with van der Waals surface area (Å²) < 4.78 is 23.8. The minimum Gasteiger partial charge on any atom is -0.454 e. The van der Waals surface area contributed by atoms with Gasteiger partial charge in [-0.05, 0) is 35.4 Å². The van der Waals surface area contributed by atoms with Crippen LogP contribution in [0.3, 0.4) is 0 Å². The lowest BCUT2D eigenvalue weighted by Crippen LogP contribution is -2.39. The predicted molar refractivity (Wildman–Crippen MR) is 92.1 cm³/mol. The van der Waals surface area contributed by atoms with Crippen LogP contribution in [0.5, 0.6) is 11.5 Å². The molecule has 0 radical (unpaired) electrons. The van der Waals surface area contributed by atoms with Crippen LogP contribution in [0, 0.1) is 5.82 Å². The predicted octanol–water partition coefficient (Wildman–Crippen LogP) is 1.95. The smallest absolute Gasteiger partial charge is 0.231 e. The van der Waals surface area contributed by atoms with Gasteiger partial charge in [-0.1, -0.05) is 18.2 Å². The Balaban J connectivity index is 1.51. The van der Waals surface area contributed by atoms with E-state index in [2.05, 4.69) is 15.6 Å². The second-order valence-electron chi connectivity index (χ2n) is 5.57. The first kappa shape index (κ1) is 17.0. The number of aliphatic hydroxyl groups is 1. The van der Waals surface area contributed by atoms with E-state index in [0.717, 1.165) is 17.1 Å². The number of ether oxygens (including phenoxy) is 2. The third-order valence-electron chi connectivity index (χ3n) is 3.82. The van der Waals surface area contributed by atoms with Crippen molar-refractivity contribution in [2.75, 3.05) is 20.4 Å². The molecule has 25 heavy (non-hydrogen) atoms. The maximum atomic E-state index is 13.2. The fourth-order valence-corrected chi connectivity index (χ4v) is 2.48. The molecular formula is C18H20FN3O3. The highest BCUT2D eigenvalue weighted by Crippen LogP contribution is 2.32. The molecule has 1 atom stereocenters. The van der Waals surface area contributed by atoms with Gasteiger partial charge in [0.25, 0.3) is 0 Å². The second kappa shape index (κ2) is 7.85. The molecule has 0 aliphatic carbocycles. The van der Waals surface area contributed by atoms with E-state index in [-0.39, 0.29) is 19.2 Å². The van der Waals surface area contributed by atoms with Crippen molar-refractivity contribution in [1.29, 1.82) is 0 Å². The molecule has 0 amide bonds. The van der Waals surface area contributed by atoms with Crippen LogP contribution < -0.4 is 20.1 Å². The molecule has 1 aliphatic rings. The number of benzene rings is 2. The molecule has 6 nitrogen and oxygen atoms in total. The summed E-state index contributed by atoms with van der Waals surface area (Å²) in [6, 6.07) is 11.6. The third-order valence-corrected chi connectivity index (χ3v) is 3.82. The van der Waals surface area contributed by atoms with E-state index in [1.54, 1.807) is 19.2 Å². The largest absolute Gasteiger partial charge is 0.454 e. The Labute approximate surface area is 145 Å². The van der Waals surface area contributed by atoms with Crippen molar-refractivity contribution in [3.63, 3.8) is 0 Å². The number of hydrogen-bond acceptors (Lipinski definition) is 4. The molecule has 1 heterocycles. The van der Waals surface area contributed by atoms with Gasteiger partial charge in [0.15, 0.2) is 17.5 Å². The monoisotopic (exact) mass is 345 g/mol. The van der Waals surface area contributed by atoms with Crippen molar-refractivity contribution in [3.8, 4) is 11.5 Å². The molecular weight excluding hydrogens is 325 g/mol. The van der Waals surface area contributed by atoms with Crippen LogP contribution in [0.2, 0.25) is 0 Å². The highest BCUT2D eigenvalue weighted by molar-refractivity contribution is 5.79. The Kier molecular flexibility index (Phi) is 5.35. The summed E-state index contributed by atoms with van der Waals surface area (Å²) in [6.07, 6.45) is -0.834. The van der Waals surface area contributed by atoms with E-state index in [4.69, 9.17) is 9.47 Å². The van der Waals surface area contributed by atoms with Crippen molar-refractivity contribution < 1.29 is 19.0 Å². The van der Waals surface area contributed by atoms with Crippen LogP contribution in [0.1, 0.15) is 17.2 Å². The minimum atomic E-state index is -0.834. The number of rotatable bonds is 5. The zero-order valence-electron chi connectivity index (χ0n) is 13.8. The Hall–Kier alpha value is -2.80. The van der Waals surface area contributed by atoms with Crippen molar-refractivity contribution >= 4 is 5.96 Å². The first-order chi connectivity index (χ1) is 12.2. The summed E-state index contributed by atoms with van der Waals surface area (Å²) in [5.41, 5.74) is 1.52. The molecule has 0 aromatic heterocycles. The molecule has 3 N–H and O–H groups in total. The number of guanidine groups is 1. The molecule has 0 saturated heterocycles. The van der Waals surface area contributed by atoms with E-state index >= 15 is 0 Å². The average molecular weight is 345 g/mol. The number of fused-ring (bicyclic) bond motifs is 1. The summed E-state index contributed by atoms with van der Waals surface area (Å²) in [4.78, 5) is 4.11. The topological polar surface area (TPSA) is 75.1 Å². The number of halogens is 1. The van der Waals surface area contributed by atoms with Crippen LogP contribution in [0.15, 0.2) is 47.5 Å². The van der Waals surface area contributed by atoms with Crippen LogP contribution >= 0.6 is 0 Å². The number of aliphatic imine (C=N–C) groups is 1. The molecule has 0 bridgehead atoms. The molecule has 2 aromatic rings. The highest BCUT2D eigenvalue weighted by atomic mass is 19.1. The zero-order chi connectivity index (χ0) is 17.6. The summed E-state index contributed by atoms with van der Waals surface area (Å²) >= 11 is 0. The van der Waals surface area contributed by atoms with Crippen LogP contribution in [0.25, 0.3) is 0 Å². The van der Waals surface area contributed by atoms with Crippen LogP contribution in [0.4, 0.5) is 4.39 Å². The molecule has 3 rings (SSSR count). The molecule has 7 heteroatoms. The molecule has 1 unspecified atom stereocenters. The number of nitrogens with zero attached hydrogens (tertiary/aromatic N) is 1. The van der Waals surface area contributed by atoms with E-state index in [1.165, 1.54) is 12.1 Å². The molecule has 0 fully saturated rings. The van der Waals surface area contributed by atoms with Crippen LogP contribution in [-0.4, -0.2) is 31.5 Å². The van der Waals surface area contributed by atoms with E-state index in [0.29, 0.717) is 18.1 Å². The summed E-state index contributed by atoms with van der Waals surface area (Å²) in [6.45, 7) is 0.990. The van der Waals surface area contributed by atoms with Gasteiger partial charge < -0.3 is 25.2 Å². The Morgan fingerprint density at radius 2 is 2.04 bits per heavy atom. The molecule has 132 valence electrons. The molecule has 2 aromatic carbocycles. The van der Waals surface area contributed by atoms with Crippen molar-refractivity contribution in [2.45, 2.75) is 12.6 Å². The summed E-state index contributed by atoms with van der Waals surface area (Å²) in [7, 11) is 1.64. The quantitative estimate of drug-likeness (QED) is 0.571. The Morgan fingerprint density at radius 1 is 1.20 bits per heavy atom. The lowest BCUT2D eigenvalue weighted by molar-refractivity contribution is 0.174. The maximum Gasteiger partial charge on any atom is 0.231 e. The van der Waals surface area contributed by atoms with E-state index in [9.17, 15) is 9.50 Å². The average Bonchev–Trinajstić information content (AvgIpc) is 3.09. The minimum absolute atomic E-state index is 0.213. The van der Waals surface area contributed by atoms with Gasteiger partial charge in [0.05, 0.1) is 6.10 Å². The number of nitrogens with one attached hydrogen (secondary N) is 2. The van der Waals surface area contributed by atoms with Crippen LogP contribution in [-0.2, 0) is 6.54 Å². The molecule has 0 saturated carbocycles. The van der Waals surface area contributed by atoms with Crippen molar-refractivity contribution in [3.05, 3.63) is 59.4 Å². The number of hydrogen-bond donors (Lipinski definition) is 3. The van der Waals surface area contributed by atoms with E-state index < -0.39 is 6.10 Å². The van der Waals surface area contributed by atoms with Gasteiger partial charge in [0, 0.05) is 20.1 Å². The van der Waals surface area contributed by atoms with Gasteiger partial charge in [-0.15, -0.1) is 0 Å². The standard InChI is InChI=1S/C18H20FN3O3/c1-20-18(22-10-15(23)13-3-2-4-14(19)8-13)21-9-12-5-6-16-17(7-12)25-11-24-16/h2-8,15,23H,9-11H2,1H3,(H2,20,21,22). The Bertz CT molecular complexity index is 767. The lowest BCUT2D eigenvalue weighted by Gasteiger charge is -2.16. The first-order valence-electron chi connectivity index (χ1n) is 7.92. The van der Waals surface area contributed by atoms with Gasteiger partial charge in [-0.25, -0.2) is 4.39 Å². The van der Waals surface area contributed by atoms with Crippen molar-refractivity contribution in [2.24, 2.45) is 4.99 Å². The lowest BCUT2D eigenvalue weighted by atomic mass is 10.1. The highest BCUT2D eigenvalue weighted by Gasteiger charge is 2.13. The van der Waals surface area contributed by atoms with Crippen molar-refractivity contribution in [1.82, 2.24) is 10.6 Å². The summed E-state index contributed by atoms with van der Waals surface area (Å²) in [5.74, 6) is 1.63. The third kappa shape index (κ3) is 4.39. The Morgan fingerprint density at radius 3 is 2.84 bits per heavy atom. The van der Waals surface area contributed by atoms with Gasteiger partial charge in [-0.3, -0.25) is 4.99 Å². The SMILES string of the molecule is CN=C(NCc1ccc2c(c1)OCO2)NCC(O)c1cccc(F)c1. The van der Waals surface area contributed by atoms with Gasteiger partial charge in [0.1, 0.15) is 5.82 Å². The number of aliphatic hydroxyl groups excluding tert-OH is 1. The normalized spacial score (nSPS) is 14.3. The van der Waals surface area contributed by atoms with Gasteiger partial charge >= 0.3 is 0 Å². The fraction of sp³-hybridized carbons (Fsp3) is 0.278.